The van der Waals surface area contributed by atoms with E-state index in [4.69, 9.17) is 0 Å². The Kier molecular flexibility index (Phi) is 2.95. The Morgan fingerprint density at radius 1 is 1.50 bits per heavy atom. The average Bonchev–Trinajstić information content (AvgIpc) is 2.89. The molecule has 0 aliphatic rings. The van der Waals surface area contributed by atoms with Crippen molar-refractivity contribution in [2.45, 2.75) is 19.8 Å². The van der Waals surface area contributed by atoms with E-state index in [1.165, 1.54) is 6.33 Å². The van der Waals surface area contributed by atoms with Crippen LogP contribution >= 0.6 is 0 Å². The second-order valence-corrected chi connectivity index (χ2v) is 3.32. The molecule has 7 nitrogen and oxygen atoms in total. The van der Waals surface area contributed by atoms with Gasteiger partial charge in [-0.15, -0.1) is 0 Å². The monoisotopic (exact) mass is 220 g/mol. The van der Waals surface area contributed by atoms with Gasteiger partial charge >= 0.3 is 0 Å². The molecule has 3 N–H and O–H groups in total. The Hall–Kier alpha value is -2.18. The van der Waals surface area contributed by atoms with Crippen LogP contribution in [0.25, 0.3) is 0 Å². The summed E-state index contributed by atoms with van der Waals surface area (Å²) in [5.41, 5.74) is 0.996. The van der Waals surface area contributed by atoms with Crippen LogP contribution in [-0.4, -0.2) is 31.3 Å². The molecule has 2 aromatic rings. The van der Waals surface area contributed by atoms with E-state index >= 15 is 0 Å². The number of aryl methyl sites for hydroxylation is 1. The summed E-state index contributed by atoms with van der Waals surface area (Å²) >= 11 is 0. The fourth-order valence-electron chi connectivity index (χ4n) is 1.31. The van der Waals surface area contributed by atoms with Gasteiger partial charge in [0.2, 0.25) is 5.82 Å². The van der Waals surface area contributed by atoms with Crippen LogP contribution < -0.4 is 5.32 Å². The second kappa shape index (κ2) is 4.56. The quantitative estimate of drug-likeness (QED) is 0.707. The van der Waals surface area contributed by atoms with Gasteiger partial charge in [-0.3, -0.25) is 15.0 Å². The van der Waals surface area contributed by atoms with Gasteiger partial charge in [0, 0.05) is 11.8 Å². The number of nitrogens with zero attached hydrogens (tertiary/aromatic N) is 3. The van der Waals surface area contributed by atoms with Gasteiger partial charge in [0.15, 0.2) is 5.82 Å². The van der Waals surface area contributed by atoms with Crippen LogP contribution in [0.15, 0.2) is 12.4 Å². The fourth-order valence-corrected chi connectivity index (χ4v) is 1.31. The van der Waals surface area contributed by atoms with Crippen molar-refractivity contribution in [1.29, 1.82) is 0 Å². The first-order chi connectivity index (χ1) is 7.79. The zero-order chi connectivity index (χ0) is 11.4. The summed E-state index contributed by atoms with van der Waals surface area (Å²) < 4.78 is 0. The topological polar surface area (TPSA) is 99.3 Å². The maximum absolute atomic E-state index is 11.5. The summed E-state index contributed by atoms with van der Waals surface area (Å²) in [6, 6.07) is 1.80. The molecule has 0 aromatic carbocycles. The van der Waals surface area contributed by atoms with Gasteiger partial charge in [0.25, 0.3) is 5.91 Å². The van der Waals surface area contributed by atoms with E-state index in [1.54, 1.807) is 6.07 Å². The zero-order valence-electron chi connectivity index (χ0n) is 8.82. The molecule has 0 radical (unpaired) electrons. The number of aromatic amines is 2. The molecule has 0 atom stereocenters. The number of nitrogens with one attached hydrogen (secondary N) is 3. The number of hydrogen-bond acceptors (Lipinski definition) is 4. The lowest BCUT2D eigenvalue weighted by molar-refractivity contribution is 0.101. The Labute approximate surface area is 91.7 Å². The van der Waals surface area contributed by atoms with Crippen LogP contribution in [0.1, 0.15) is 29.7 Å². The lowest BCUT2D eigenvalue weighted by atomic mass is 10.2. The third-order valence-electron chi connectivity index (χ3n) is 2.02. The van der Waals surface area contributed by atoms with Crippen LogP contribution in [0.4, 0.5) is 5.82 Å². The molecular weight excluding hydrogens is 208 g/mol. The number of rotatable bonds is 4. The Morgan fingerprint density at radius 2 is 2.38 bits per heavy atom. The minimum atomic E-state index is -0.355. The molecular formula is C9H12N6O. The molecule has 16 heavy (non-hydrogen) atoms. The summed E-state index contributed by atoms with van der Waals surface area (Å²) in [5.74, 6) is 0.303. The van der Waals surface area contributed by atoms with Crippen molar-refractivity contribution < 1.29 is 4.79 Å². The molecule has 2 heterocycles. The first-order valence-corrected chi connectivity index (χ1v) is 5.00. The molecule has 2 rings (SSSR count). The number of carbonyl (C=O) groups is 1. The van der Waals surface area contributed by atoms with E-state index in [1.807, 2.05) is 0 Å². The maximum Gasteiger partial charge on any atom is 0.294 e. The summed E-state index contributed by atoms with van der Waals surface area (Å²) in [5, 5.41) is 15.5. The molecule has 0 aliphatic heterocycles. The molecule has 0 saturated carbocycles. The minimum Gasteiger partial charge on any atom is -0.302 e. The van der Waals surface area contributed by atoms with Crippen LogP contribution in [0.2, 0.25) is 0 Å². The highest BCUT2D eigenvalue weighted by Gasteiger charge is 2.10. The number of amides is 1. The predicted molar refractivity (Wildman–Crippen MR) is 56.9 cm³/mol. The summed E-state index contributed by atoms with van der Waals surface area (Å²) in [6.07, 6.45) is 3.21. The number of anilines is 1. The number of aromatic nitrogens is 5. The van der Waals surface area contributed by atoms with Crippen molar-refractivity contribution in [1.82, 2.24) is 25.4 Å². The maximum atomic E-state index is 11.5. The summed E-state index contributed by atoms with van der Waals surface area (Å²) in [6.45, 7) is 2.08. The fraction of sp³-hybridized carbons (Fsp3) is 0.333. The standard InChI is InChI=1S/C9H12N6O/c1-2-3-6-4-7(14-13-6)12-9(16)8-10-5-11-15-8/h4-5H,2-3H2,1H3,(H,10,11,15)(H2,12,13,14,16). The van der Waals surface area contributed by atoms with Gasteiger partial charge < -0.3 is 5.32 Å². The van der Waals surface area contributed by atoms with Crippen LogP contribution in [-0.2, 0) is 6.42 Å². The smallest absolute Gasteiger partial charge is 0.294 e. The minimum absolute atomic E-state index is 0.167. The molecule has 0 saturated heterocycles. The summed E-state index contributed by atoms with van der Waals surface area (Å²) in [7, 11) is 0. The first kappa shape index (κ1) is 10.3. The molecule has 7 heteroatoms. The Balaban J connectivity index is 2.01. The largest absolute Gasteiger partial charge is 0.302 e. The van der Waals surface area contributed by atoms with Gasteiger partial charge in [0.1, 0.15) is 6.33 Å². The molecule has 0 unspecified atom stereocenters. The van der Waals surface area contributed by atoms with Crippen molar-refractivity contribution in [2.75, 3.05) is 5.32 Å². The molecule has 0 spiro atoms. The van der Waals surface area contributed by atoms with E-state index in [2.05, 4.69) is 37.6 Å². The SMILES string of the molecule is CCCc1cc(NC(=O)c2ncn[nH]2)n[nH]1. The van der Waals surface area contributed by atoms with Crippen LogP contribution in [0.3, 0.4) is 0 Å². The highest BCUT2D eigenvalue weighted by atomic mass is 16.2. The number of H-pyrrole nitrogens is 2. The molecule has 0 aliphatic carbocycles. The number of hydrogen-bond donors (Lipinski definition) is 3. The van der Waals surface area contributed by atoms with Crippen LogP contribution in [0.5, 0.6) is 0 Å². The van der Waals surface area contributed by atoms with Gasteiger partial charge in [-0.1, -0.05) is 13.3 Å². The lowest BCUT2D eigenvalue weighted by Gasteiger charge is -1.95. The molecule has 2 aromatic heterocycles. The molecule has 84 valence electrons. The third kappa shape index (κ3) is 2.25. The van der Waals surface area contributed by atoms with E-state index < -0.39 is 0 Å². The normalized spacial score (nSPS) is 10.3. The van der Waals surface area contributed by atoms with Gasteiger partial charge in [-0.2, -0.15) is 10.2 Å². The Bertz CT molecular complexity index is 460. The molecule has 0 bridgehead atoms. The zero-order valence-corrected chi connectivity index (χ0v) is 8.82. The van der Waals surface area contributed by atoms with E-state index in [-0.39, 0.29) is 11.7 Å². The van der Waals surface area contributed by atoms with Crippen molar-refractivity contribution in [2.24, 2.45) is 0 Å². The van der Waals surface area contributed by atoms with Gasteiger partial charge in [-0.25, -0.2) is 4.98 Å². The third-order valence-corrected chi connectivity index (χ3v) is 2.02. The van der Waals surface area contributed by atoms with E-state index in [9.17, 15) is 4.79 Å². The summed E-state index contributed by atoms with van der Waals surface area (Å²) in [4.78, 5) is 15.3. The Morgan fingerprint density at radius 3 is 3.06 bits per heavy atom. The van der Waals surface area contributed by atoms with Gasteiger partial charge in [-0.05, 0) is 6.42 Å². The predicted octanol–water partition coefficient (Wildman–Crippen LogP) is 0.733. The van der Waals surface area contributed by atoms with E-state index in [0.29, 0.717) is 5.82 Å². The molecule has 0 fully saturated rings. The van der Waals surface area contributed by atoms with Crippen molar-refractivity contribution in [3.05, 3.63) is 23.9 Å². The highest BCUT2D eigenvalue weighted by molar-refractivity contribution is 6.00. The second-order valence-electron chi connectivity index (χ2n) is 3.32. The average molecular weight is 220 g/mol. The molecule has 1 amide bonds. The van der Waals surface area contributed by atoms with Crippen molar-refractivity contribution in [3.63, 3.8) is 0 Å². The first-order valence-electron chi connectivity index (χ1n) is 5.00. The van der Waals surface area contributed by atoms with Crippen molar-refractivity contribution >= 4 is 11.7 Å². The number of carbonyl (C=O) groups excluding carboxylic acids is 1. The van der Waals surface area contributed by atoms with Crippen LogP contribution in [0, 0.1) is 0 Å². The van der Waals surface area contributed by atoms with Gasteiger partial charge in [0.05, 0.1) is 0 Å². The lowest BCUT2D eigenvalue weighted by Crippen LogP contribution is -2.13. The highest BCUT2D eigenvalue weighted by Crippen LogP contribution is 2.07. The van der Waals surface area contributed by atoms with E-state index in [0.717, 1.165) is 18.5 Å². The van der Waals surface area contributed by atoms with Crippen molar-refractivity contribution in [3.8, 4) is 0 Å².